The molecule has 1 unspecified atom stereocenters. The second-order valence-corrected chi connectivity index (χ2v) is 10.9. The number of piperidine rings is 1. The third-order valence-electron chi connectivity index (χ3n) is 7.76. The standard InChI is InChI=1S/C29H37N3O6/c1-29(2)17-32(16-20-12-24(35-3)25(36-4)14-22(20)29)28(34)19-6-5-10-31(15-19)11-9-27(33)30-21-7-8-23-26(13-21)38-18-37-23/h7-8,12-14,19H,5-6,9-11,15-18H2,1-4H3,(H,30,33). The minimum Gasteiger partial charge on any atom is -0.493 e. The first-order chi connectivity index (χ1) is 18.3. The number of benzene rings is 2. The molecule has 2 aromatic carbocycles. The van der Waals surface area contributed by atoms with E-state index in [0.717, 1.165) is 24.9 Å². The zero-order valence-corrected chi connectivity index (χ0v) is 22.7. The largest absolute Gasteiger partial charge is 0.493 e. The molecule has 0 aliphatic carbocycles. The lowest BCUT2D eigenvalue weighted by Crippen LogP contribution is -2.50. The van der Waals surface area contributed by atoms with Crippen molar-refractivity contribution in [3.63, 3.8) is 0 Å². The molecule has 3 heterocycles. The fourth-order valence-electron chi connectivity index (χ4n) is 5.84. The summed E-state index contributed by atoms with van der Waals surface area (Å²) in [6.07, 6.45) is 2.18. The third-order valence-corrected chi connectivity index (χ3v) is 7.76. The predicted molar refractivity (Wildman–Crippen MR) is 143 cm³/mol. The average Bonchev–Trinajstić information content (AvgIpc) is 3.38. The van der Waals surface area contributed by atoms with Crippen LogP contribution in [0, 0.1) is 5.92 Å². The van der Waals surface area contributed by atoms with E-state index in [2.05, 4.69) is 24.1 Å². The van der Waals surface area contributed by atoms with Gasteiger partial charge in [-0.1, -0.05) is 13.8 Å². The lowest BCUT2D eigenvalue weighted by Gasteiger charge is -2.42. The zero-order chi connectivity index (χ0) is 26.9. The fourth-order valence-corrected chi connectivity index (χ4v) is 5.84. The molecular weight excluding hydrogens is 486 g/mol. The van der Waals surface area contributed by atoms with Crippen LogP contribution in [0.5, 0.6) is 23.0 Å². The molecule has 9 heteroatoms. The third kappa shape index (κ3) is 5.38. The molecule has 2 amide bonds. The van der Waals surface area contributed by atoms with Crippen LogP contribution in [0.3, 0.4) is 0 Å². The molecule has 0 spiro atoms. The minimum atomic E-state index is -0.204. The van der Waals surface area contributed by atoms with Crippen molar-refractivity contribution < 1.29 is 28.5 Å². The van der Waals surface area contributed by atoms with E-state index in [1.54, 1.807) is 26.4 Å². The van der Waals surface area contributed by atoms with E-state index in [4.69, 9.17) is 18.9 Å². The van der Waals surface area contributed by atoms with Crippen molar-refractivity contribution >= 4 is 17.5 Å². The maximum atomic E-state index is 13.7. The molecule has 0 aromatic heterocycles. The molecule has 0 bridgehead atoms. The van der Waals surface area contributed by atoms with Gasteiger partial charge in [0.1, 0.15) is 0 Å². The number of ether oxygens (including phenoxy) is 4. The number of amides is 2. The van der Waals surface area contributed by atoms with Gasteiger partial charge in [0, 0.05) is 49.8 Å². The van der Waals surface area contributed by atoms with Crippen LogP contribution in [0.2, 0.25) is 0 Å². The summed E-state index contributed by atoms with van der Waals surface area (Å²) in [6, 6.07) is 9.44. The summed E-state index contributed by atoms with van der Waals surface area (Å²) < 4.78 is 21.7. The molecule has 1 N–H and O–H groups in total. The maximum Gasteiger partial charge on any atom is 0.231 e. The number of methoxy groups -OCH3 is 2. The van der Waals surface area contributed by atoms with Crippen LogP contribution in [0.15, 0.2) is 30.3 Å². The van der Waals surface area contributed by atoms with Crippen LogP contribution in [-0.4, -0.2) is 68.8 Å². The van der Waals surface area contributed by atoms with Crippen LogP contribution in [0.1, 0.15) is 44.2 Å². The Kier molecular flexibility index (Phi) is 7.38. The number of anilines is 1. The van der Waals surface area contributed by atoms with E-state index in [1.165, 1.54) is 5.56 Å². The number of rotatable bonds is 7. The molecule has 2 aromatic rings. The summed E-state index contributed by atoms with van der Waals surface area (Å²) in [5, 5.41) is 2.94. The van der Waals surface area contributed by atoms with E-state index in [9.17, 15) is 9.59 Å². The van der Waals surface area contributed by atoms with Gasteiger partial charge in [-0.15, -0.1) is 0 Å². The maximum absolute atomic E-state index is 13.7. The lowest BCUT2D eigenvalue weighted by molar-refractivity contribution is -0.139. The molecule has 5 rings (SSSR count). The monoisotopic (exact) mass is 523 g/mol. The van der Waals surface area contributed by atoms with Crippen LogP contribution < -0.4 is 24.3 Å². The average molecular weight is 524 g/mol. The summed E-state index contributed by atoms with van der Waals surface area (Å²) in [7, 11) is 3.28. The highest BCUT2D eigenvalue weighted by molar-refractivity contribution is 5.91. The van der Waals surface area contributed by atoms with Gasteiger partial charge in [-0.2, -0.15) is 0 Å². The van der Waals surface area contributed by atoms with E-state index in [-0.39, 0.29) is 29.9 Å². The Morgan fingerprint density at radius 2 is 1.84 bits per heavy atom. The zero-order valence-electron chi connectivity index (χ0n) is 22.7. The smallest absolute Gasteiger partial charge is 0.231 e. The Labute approximate surface area is 224 Å². The Balaban J connectivity index is 1.18. The molecule has 38 heavy (non-hydrogen) atoms. The summed E-state index contributed by atoms with van der Waals surface area (Å²) in [5.74, 6) is 2.78. The van der Waals surface area contributed by atoms with E-state index < -0.39 is 0 Å². The van der Waals surface area contributed by atoms with Crippen LogP contribution in [-0.2, 0) is 21.5 Å². The number of nitrogens with one attached hydrogen (secondary N) is 1. The normalized spacial score (nSPS) is 20.0. The van der Waals surface area contributed by atoms with Gasteiger partial charge in [0.05, 0.1) is 20.1 Å². The van der Waals surface area contributed by atoms with Gasteiger partial charge in [-0.05, 0) is 54.8 Å². The van der Waals surface area contributed by atoms with Gasteiger partial charge in [0.15, 0.2) is 23.0 Å². The van der Waals surface area contributed by atoms with Crippen LogP contribution >= 0.6 is 0 Å². The van der Waals surface area contributed by atoms with Crippen molar-refractivity contribution in [1.29, 1.82) is 0 Å². The molecule has 1 saturated heterocycles. The second kappa shape index (κ2) is 10.7. The van der Waals surface area contributed by atoms with E-state index in [1.807, 2.05) is 23.1 Å². The van der Waals surface area contributed by atoms with Crippen molar-refractivity contribution in [2.75, 3.05) is 52.5 Å². The number of hydrogen-bond donors (Lipinski definition) is 1. The molecule has 0 radical (unpaired) electrons. The first-order valence-corrected chi connectivity index (χ1v) is 13.2. The minimum absolute atomic E-state index is 0.0592. The quantitative estimate of drug-likeness (QED) is 0.591. The number of carbonyl (C=O) groups is 2. The Morgan fingerprint density at radius 3 is 2.63 bits per heavy atom. The highest BCUT2D eigenvalue weighted by Gasteiger charge is 2.38. The number of carbonyl (C=O) groups excluding carboxylic acids is 2. The lowest BCUT2D eigenvalue weighted by atomic mass is 9.77. The Hall–Kier alpha value is -3.46. The summed E-state index contributed by atoms with van der Waals surface area (Å²) in [5.41, 5.74) is 2.77. The van der Waals surface area contributed by atoms with Gasteiger partial charge >= 0.3 is 0 Å². The molecular formula is C29H37N3O6. The predicted octanol–water partition coefficient (Wildman–Crippen LogP) is 3.79. The van der Waals surface area contributed by atoms with Crippen molar-refractivity contribution in [1.82, 2.24) is 9.80 Å². The topological polar surface area (TPSA) is 89.6 Å². The molecule has 1 atom stereocenters. The highest BCUT2D eigenvalue weighted by Crippen LogP contribution is 2.41. The van der Waals surface area contributed by atoms with E-state index in [0.29, 0.717) is 61.3 Å². The number of nitrogens with zero attached hydrogens (tertiary/aromatic N) is 2. The van der Waals surface area contributed by atoms with Gasteiger partial charge in [-0.25, -0.2) is 0 Å². The summed E-state index contributed by atoms with van der Waals surface area (Å²) in [6.45, 7) is 7.94. The van der Waals surface area contributed by atoms with Crippen LogP contribution in [0.25, 0.3) is 0 Å². The molecule has 0 saturated carbocycles. The first-order valence-electron chi connectivity index (χ1n) is 13.2. The van der Waals surface area contributed by atoms with Crippen molar-refractivity contribution in [2.24, 2.45) is 5.92 Å². The van der Waals surface area contributed by atoms with Gasteiger partial charge in [0.25, 0.3) is 0 Å². The van der Waals surface area contributed by atoms with E-state index >= 15 is 0 Å². The SMILES string of the molecule is COc1cc2c(cc1OC)C(C)(C)CN(C(=O)C1CCCN(CCC(=O)Nc3ccc4c(c3)OCO4)C1)C2. The second-order valence-electron chi connectivity index (χ2n) is 10.9. The van der Waals surface area contributed by atoms with Crippen LogP contribution in [0.4, 0.5) is 5.69 Å². The van der Waals surface area contributed by atoms with Gasteiger partial charge in [-0.3, -0.25) is 9.59 Å². The number of hydrogen-bond acceptors (Lipinski definition) is 7. The summed E-state index contributed by atoms with van der Waals surface area (Å²) in [4.78, 5) is 30.5. The Bertz CT molecular complexity index is 1210. The van der Waals surface area contributed by atoms with Gasteiger partial charge < -0.3 is 34.1 Å². The van der Waals surface area contributed by atoms with Crippen molar-refractivity contribution in [2.45, 2.75) is 45.1 Å². The molecule has 3 aliphatic rings. The first kappa shape index (κ1) is 26.2. The van der Waals surface area contributed by atoms with Gasteiger partial charge in [0.2, 0.25) is 18.6 Å². The molecule has 204 valence electrons. The highest BCUT2D eigenvalue weighted by atomic mass is 16.7. The summed E-state index contributed by atoms with van der Waals surface area (Å²) >= 11 is 0. The molecule has 9 nitrogen and oxygen atoms in total. The fraction of sp³-hybridized carbons (Fsp3) is 0.517. The van der Waals surface area contributed by atoms with Crippen molar-refractivity contribution in [3.05, 3.63) is 41.5 Å². The Morgan fingerprint density at radius 1 is 1.08 bits per heavy atom. The number of fused-ring (bicyclic) bond motifs is 2. The number of likely N-dealkylation sites (tertiary alicyclic amines) is 1. The molecule has 3 aliphatic heterocycles. The van der Waals surface area contributed by atoms with Crippen molar-refractivity contribution in [3.8, 4) is 23.0 Å². The molecule has 1 fully saturated rings.